The molecule has 110 valence electrons. The van der Waals surface area contributed by atoms with Crippen LogP contribution in [0.25, 0.3) is 0 Å². The number of carboxylic acids is 1. The smallest absolute Gasteiger partial charge is 0.337 e. The summed E-state index contributed by atoms with van der Waals surface area (Å²) in [6, 6.07) is -1.17. The lowest BCUT2D eigenvalue weighted by Gasteiger charge is -2.24. The molecule has 1 rings (SSSR count). The van der Waals surface area contributed by atoms with Gasteiger partial charge in [-0.15, -0.1) is 0 Å². The van der Waals surface area contributed by atoms with Gasteiger partial charge in [-0.05, 0) is 19.8 Å². The Balaban J connectivity index is 2.42. The van der Waals surface area contributed by atoms with E-state index in [1.54, 1.807) is 0 Å². The van der Waals surface area contributed by atoms with Crippen molar-refractivity contribution in [2.24, 2.45) is 0 Å². The molecule has 0 bridgehead atoms. The average Bonchev–Trinajstić information content (AvgIpc) is 2.25. The topological polar surface area (TPSA) is 133 Å². The molecule has 19 heavy (non-hydrogen) atoms. The van der Waals surface area contributed by atoms with Crippen LogP contribution in [-0.2, 0) is 14.6 Å². The summed E-state index contributed by atoms with van der Waals surface area (Å²) in [5.41, 5.74) is -2.06. The number of carbonyl (C=O) groups excluding carboxylic acids is 1. The molecule has 2 unspecified atom stereocenters. The van der Waals surface area contributed by atoms with Crippen LogP contribution in [-0.4, -0.2) is 60.3 Å². The van der Waals surface area contributed by atoms with Crippen molar-refractivity contribution in [1.82, 2.24) is 10.6 Å². The molecule has 8 nitrogen and oxygen atoms in total. The minimum Gasteiger partial charge on any atom is -0.479 e. The molecule has 0 aliphatic carbocycles. The lowest BCUT2D eigenvalue weighted by atomic mass is 10.1. The van der Waals surface area contributed by atoms with E-state index in [1.807, 2.05) is 0 Å². The zero-order valence-corrected chi connectivity index (χ0v) is 11.4. The third-order valence-corrected chi connectivity index (χ3v) is 4.67. The molecule has 2 atom stereocenters. The summed E-state index contributed by atoms with van der Waals surface area (Å²) in [7, 11) is -3.12. The van der Waals surface area contributed by atoms with Crippen LogP contribution in [0.5, 0.6) is 0 Å². The number of carboxylic acid groups (broad SMARTS) is 1. The van der Waals surface area contributed by atoms with Crippen molar-refractivity contribution in [2.75, 3.05) is 18.1 Å². The van der Waals surface area contributed by atoms with E-state index in [0.717, 1.165) is 6.92 Å². The molecular formula is C10H18N2O6S. The van der Waals surface area contributed by atoms with Gasteiger partial charge < -0.3 is 20.8 Å². The Hall–Kier alpha value is -1.35. The van der Waals surface area contributed by atoms with Crippen molar-refractivity contribution >= 4 is 21.8 Å². The monoisotopic (exact) mass is 294 g/mol. The first-order valence-corrected chi connectivity index (χ1v) is 7.65. The number of hydrogen-bond donors (Lipinski definition) is 4. The molecular weight excluding hydrogens is 276 g/mol. The highest BCUT2D eigenvalue weighted by atomic mass is 32.2. The fraction of sp³-hybridized carbons (Fsp3) is 0.800. The summed E-state index contributed by atoms with van der Waals surface area (Å²) < 4.78 is 22.7. The van der Waals surface area contributed by atoms with Gasteiger partial charge in [0.05, 0.1) is 18.1 Å². The highest BCUT2D eigenvalue weighted by molar-refractivity contribution is 7.91. The van der Waals surface area contributed by atoms with E-state index in [1.165, 1.54) is 0 Å². The minimum atomic E-state index is -3.12. The van der Waals surface area contributed by atoms with Gasteiger partial charge in [0.2, 0.25) is 0 Å². The normalized spacial score (nSPS) is 25.1. The second kappa shape index (κ2) is 5.74. The fourth-order valence-electron chi connectivity index (χ4n) is 1.70. The Kier molecular flexibility index (Phi) is 4.75. The highest BCUT2D eigenvalue weighted by Gasteiger charge is 2.31. The molecule has 0 radical (unpaired) electrons. The Morgan fingerprint density at radius 3 is 2.58 bits per heavy atom. The molecule has 0 spiro atoms. The minimum absolute atomic E-state index is 0.115. The number of aliphatic carboxylic acids is 1. The van der Waals surface area contributed by atoms with Crippen LogP contribution in [0.4, 0.5) is 4.79 Å². The number of sulfone groups is 1. The van der Waals surface area contributed by atoms with Crippen LogP contribution in [0.3, 0.4) is 0 Å². The van der Waals surface area contributed by atoms with Crippen LogP contribution < -0.4 is 10.6 Å². The first kappa shape index (κ1) is 15.7. The van der Waals surface area contributed by atoms with Crippen molar-refractivity contribution in [3.8, 4) is 0 Å². The van der Waals surface area contributed by atoms with Gasteiger partial charge in [-0.2, -0.15) is 0 Å². The van der Waals surface area contributed by atoms with Gasteiger partial charge >= 0.3 is 12.0 Å². The van der Waals surface area contributed by atoms with Gasteiger partial charge in [0.15, 0.2) is 15.4 Å². The number of nitrogens with one attached hydrogen (secondary N) is 2. The molecule has 0 aromatic rings. The van der Waals surface area contributed by atoms with E-state index < -0.39 is 40.0 Å². The number of hydrogen-bond acceptors (Lipinski definition) is 5. The maximum atomic E-state index is 11.5. The molecule has 4 N–H and O–H groups in total. The van der Waals surface area contributed by atoms with Crippen molar-refractivity contribution in [3.05, 3.63) is 0 Å². The fourth-order valence-corrected chi connectivity index (χ4v) is 3.34. The second-order valence-electron chi connectivity index (χ2n) is 4.86. The van der Waals surface area contributed by atoms with Crippen molar-refractivity contribution in [3.63, 3.8) is 0 Å². The SMILES string of the molecule is CC(O)(CNC(=O)NC1CCCS(=O)(=O)C1)C(=O)O. The third-order valence-electron chi connectivity index (χ3n) is 2.85. The van der Waals surface area contributed by atoms with Gasteiger partial charge in [-0.25, -0.2) is 18.0 Å². The summed E-state index contributed by atoms with van der Waals surface area (Å²) in [4.78, 5) is 22.1. The van der Waals surface area contributed by atoms with E-state index in [-0.39, 0.29) is 11.5 Å². The van der Waals surface area contributed by atoms with Gasteiger partial charge in [0, 0.05) is 6.04 Å². The molecule has 1 fully saturated rings. The van der Waals surface area contributed by atoms with Crippen LogP contribution in [0.2, 0.25) is 0 Å². The van der Waals surface area contributed by atoms with Gasteiger partial charge in [0.25, 0.3) is 0 Å². The summed E-state index contributed by atoms with van der Waals surface area (Å²) in [5.74, 6) is -1.44. The van der Waals surface area contributed by atoms with Crippen LogP contribution in [0.15, 0.2) is 0 Å². The molecule has 9 heteroatoms. The van der Waals surface area contributed by atoms with Crippen molar-refractivity contribution < 1.29 is 28.2 Å². The van der Waals surface area contributed by atoms with Gasteiger partial charge in [-0.1, -0.05) is 0 Å². The quantitative estimate of drug-likeness (QED) is 0.509. The van der Waals surface area contributed by atoms with Crippen LogP contribution in [0, 0.1) is 0 Å². The molecule has 0 aromatic heterocycles. The zero-order chi connectivity index (χ0) is 14.7. The standard InChI is InChI=1S/C10H18N2O6S/c1-10(16,8(13)14)6-11-9(15)12-7-3-2-4-19(17,18)5-7/h7,16H,2-6H2,1H3,(H,13,14)(H2,11,12,15). The first-order valence-electron chi connectivity index (χ1n) is 5.83. The predicted octanol–water partition coefficient (Wildman–Crippen LogP) is -1.30. The summed E-state index contributed by atoms with van der Waals surface area (Å²) in [5, 5.41) is 22.7. The number of urea groups is 1. The molecule has 1 aliphatic heterocycles. The third kappa shape index (κ3) is 5.03. The average molecular weight is 294 g/mol. The number of rotatable bonds is 4. The maximum Gasteiger partial charge on any atom is 0.337 e. The van der Waals surface area contributed by atoms with Crippen molar-refractivity contribution in [2.45, 2.75) is 31.4 Å². The molecule has 1 heterocycles. The summed E-state index contributed by atoms with van der Waals surface area (Å²) >= 11 is 0. The largest absolute Gasteiger partial charge is 0.479 e. The molecule has 1 aliphatic rings. The molecule has 1 saturated heterocycles. The van der Waals surface area contributed by atoms with Crippen molar-refractivity contribution in [1.29, 1.82) is 0 Å². The second-order valence-corrected chi connectivity index (χ2v) is 7.09. The molecule has 0 saturated carbocycles. The number of amides is 2. The van der Waals surface area contributed by atoms with E-state index in [0.29, 0.717) is 12.8 Å². The van der Waals surface area contributed by atoms with E-state index in [9.17, 15) is 23.1 Å². The Bertz CT molecular complexity index is 459. The van der Waals surface area contributed by atoms with Gasteiger partial charge in [-0.3, -0.25) is 0 Å². The Morgan fingerprint density at radius 2 is 2.05 bits per heavy atom. The summed E-state index contributed by atoms with van der Waals surface area (Å²) in [6.45, 7) is 0.592. The zero-order valence-electron chi connectivity index (χ0n) is 10.5. The molecule has 0 aromatic carbocycles. The van der Waals surface area contributed by atoms with E-state index >= 15 is 0 Å². The molecule has 2 amide bonds. The number of carbonyl (C=O) groups is 2. The lowest BCUT2D eigenvalue weighted by molar-refractivity contribution is -0.155. The van der Waals surface area contributed by atoms with E-state index in [4.69, 9.17) is 5.11 Å². The van der Waals surface area contributed by atoms with E-state index in [2.05, 4.69) is 10.6 Å². The first-order chi connectivity index (χ1) is 8.62. The Morgan fingerprint density at radius 1 is 1.42 bits per heavy atom. The highest BCUT2D eigenvalue weighted by Crippen LogP contribution is 2.11. The maximum absolute atomic E-state index is 11.5. The predicted molar refractivity (Wildman–Crippen MR) is 66.5 cm³/mol. The summed E-state index contributed by atoms with van der Waals surface area (Å²) in [6.07, 6.45) is 1.04. The van der Waals surface area contributed by atoms with Crippen LogP contribution in [0.1, 0.15) is 19.8 Å². The number of aliphatic hydroxyl groups is 1. The van der Waals surface area contributed by atoms with Gasteiger partial charge in [0.1, 0.15) is 0 Å². The Labute approximate surface area is 111 Å². The lowest BCUT2D eigenvalue weighted by Crippen LogP contribution is -2.52. The van der Waals surface area contributed by atoms with Crippen LogP contribution >= 0.6 is 0 Å².